The first-order valence-electron chi connectivity index (χ1n) is 4.50. The molecule has 0 aromatic heterocycles. The molecule has 2 aliphatic heterocycles. The molecule has 3 aliphatic rings. The maximum atomic E-state index is 8.86. The van der Waals surface area contributed by atoms with E-state index in [1.165, 1.54) is 12.8 Å². The minimum atomic E-state index is 0. The van der Waals surface area contributed by atoms with Crippen molar-refractivity contribution in [2.24, 2.45) is 17.8 Å². The molecule has 0 radical (unpaired) electrons. The molecule has 68 valence electrons. The molecule has 3 unspecified atom stereocenters. The van der Waals surface area contributed by atoms with Crippen molar-refractivity contribution >= 4 is 12.4 Å². The molecule has 12 heavy (non-hydrogen) atoms. The Labute approximate surface area is 79.7 Å². The fourth-order valence-corrected chi connectivity index (χ4v) is 2.38. The summed E-state index contributed by atoms with van der Waals surface area (Å²) in [6, 6.07) is 2.44. The third-order valence-electron chi connectivity index (χ3n) is 3.11. The highest BCUT2D eigenvalue weighted by molar-refractivity contribution is 5.85. The summed E-state index contributed by atoms with van der Waals surface area (Å²) in [5, 5.41) is 12.3. The molecule has 0 spiro atoms. The van der Waals surface area contributed by atoms with E-state index >= 15 is 0 Å². The van der Waals surface area contributed by atoms with Crippen LogP contribution in [0.25, 0.3) is 0 Å². The van der Waals surface area contributed by atoms with Crippen molar-refractivity contribution in [1.82, 2.24) is 5.32 Å². The molecule has 2 saturated heterocycles. The lowest BCUT2D eigenvalue weighted by Gasteiger charge is -2.26. The highest BCUT2D eigenvalue weighted by atomic mass is 35.5. The minimum Gasteiger partial charge on any atom is -0.316 e. The summed E-state index contributed by atoms with van der Waals surface area (Å²) in [5.41, 5.74) is 0. The Morgan fingerprint density at radius 2 is 2.08 bits per heavy atom. The predicted octanol–water partition coefficient (Wildman–Crippen LogP) is 1.57. The molecule has 3 atom stereocenters. The van der Waals surface area contributed by atoms with Crippen molar-refractivity contribution < 1.29 is 0 Å². The fourth-order valence-electron chi connectivity index (χ4n) is 2.38. The zero-order valence-electron chi connectivity index (χ0n) is 7.12. The molecule has 1 aliphatic carbocycles. The summed E-state index contributed by atoms with van der Waals surface area (Å²) in [5.74, 6) is 1.79. The minimum absolute atomic E-state index is 0. The molecular weight excluding hydrogens is 172 g/mol. The molecule has 0 amide bonds. The summed E-state index contributed by atoms with van der Waals surface area (Å²) in [7, 11) is 0. The van der Waals surface area contributed by atoms with Crippen molar-refractivity contribution in [2.75, 3.05) is 13.1 Å². The molecule has 2 nitrogen and oxygen atoms in total. The fraction of sp³-hybridized carbons (Fsp3) is 0.889. The van der Waals surface area contributed by atoms with Gasteiger partial charge in [-0.25, -0.2) is 0 Å². The van der Waals surface area contributed by atoms with Crippen molar-refractivity contribution in [1.29, 1.82) is 5.26 Å². The van der Waals surface area contributed by atoms with Crippen LogP contribution < -0.4 is 5.32 Å². The van der Waals surface area contributed by atoms with Gasteiger partial charge in [-0.15, -0.1) is 12.4 Å². The van der Waals surface area contributed by atoms with E-state index in [-0.39, 0.29) is 12.4 Å². The van der Waals surface area contributed by atoms with Gasteiger partial charge in [0, 0.05) is 0 Å². The lowest BCUT2D eigenvalue weighted by atomic mass is 9.76. The van der Waals surface area contributed by atoms with Gasteiger partial charge >= 0.3 is 0 Å². The molecule has 2 heterocycles. The second-order valence-corrected chi connectivity index (χ2v) is 3.83. The van der Waals surface area contributed by atoms with Gasteiger partial charge in [0.15, 0.2) is 0 Å². The molecule has 3 fully saturated rings. The van der Waals surface area contributed by atoms with E-state index in [0.717, 1.165) is 25.4 Å². The topological polar surface area (TPSA) is 35.8 Å². The first-order chi connectivity index (χ1) is 5.40. The van der Waals surface area contributed by atoms with E-state index in [1.807, 2.05) is 0 Å². The molecule has 1 saturated carbocycles. The lowest BCUT2D eigenvalue weighted by Crippen LogP contribution is -2.23. The maximum absolute atomic E-state index is 8.86. The highest BCUT2D eigenvalue weighted by Gasteiger charge is 2.32. The van der Waals surface area contributed by atoms with Gasteiger partial charge in [0.25, 0.3) is 0 Å². The molecule has 0 aromatic carbocycles. The van der Waals surface area contributed by atoms with Gasteiger partial charge in [0.05, 0.1) is 12.0 Å². The third-order valence-corrected chi connectivity index (χ3v) is 3.11. The van der Waals surface area contributed by atoms with Crippen molar-refractivity contribution in [3.8, 4) is 6.07 Å². The number of nitrogens with zero attached hydrogens (tertiary/aromatic N) is 1. The SMILES string of the molecule is Cl.N#CC1CC2CCC1CNC2. The van der Waals surface area contributed by atoms with Crippen LogP contribution in [0.2, 0.25) is 0 Å². The van der Waals surface area contributed by atoms with Crippen LogP contribution in [0.1, 0.15) is 19.3 Å². The quantitative estimate of drug-likeness (QED) is 0.624. The molecule has 1 N–H and O–H groups in total. The Balaban J connectivity index is 0.000000720. The molecule has 2 bridgehead atoms. The highest BCUT2D eigenvalue weighted by Crippen LogP contribution is 2.34. The van der Waals surface area contributed by atoms with E-state index in [2.05, 4.69) is 11.4 Å². The lowest BCUT2D eigenvalue weighted by molar-refractivity contribution is 0.265. The largest absolute Gasteiger partial charge is 0.316 e. The summed E-state index contributed by atoms with van der Waals surface area (Å²) < 4.78 is 0. The van der Waals surface area contributed by atoms with Crippen LogP contribution in [0.4, 0.5) is 0 Å². The Kier molecular flexibility index (Phi) is 3.37. The number of fused-ring (bicyclic) bond motifs is 4. The van der Waals surface area contributed by atoms with Gasteiger partial charge in [-0.2, -0.15) is 5.26 Å². The Morgan fingerprint density at radius 1 is 1.25 bits per heavy atom. The molecular formula is C9H15ClN2. The predicted molar refractivity (Wildman–Crippen MR) is 50.1 cm³/mol. The Bertz CT molecular complexity index is 183. The second-order valence-electron chi connectivity index (χ2n) is 3.83. The van der Waals surface area contributed by atoms with E-state index in [4.69, 9.17) is 5.26 Å². The van der Waals surface area contributed by atoms with Crippen molar-refractivity contribution in [3.63, 3.8) is 0 Å². The smallest absolute Gasteiger partial charge is 0.0659 e. The maximum Gasteiger partial charge on any atom is 0.0659 e. The summed E-state index contributed by atoms with van der Waals surface area (Å²) >= 11 is 0. The number of nitriles is 1. The normalized spacial score (nSPS) is 39.4. The van der Waals surface area contributed by atoms with Crippen molar-refractivity contribution in [3.05, 3.63) is 0 Å². The van der Waals surface area contributed by atoms with Gasteiger partial charge in [0.2, 0.25) is 0 Å². The van der Waals surface area contributed by atoms with Crippen LogP contribution in [-0.4, -0.2) is 13.1 Å². The number of rotatable bonds is 0. The van der Waals surface area contributed by atoms with Gasteiger partial charge in [-0.05, 0) is 44.2 Å². The first kappa shape index (κ1) is 9.83. The number of hydrogen-bond donors (Lipinski definition) is 1. The van der Waals surface area contributed by atoms with Crippen LogP contribution in [0.3, 0.4) is 0 Å². The van der Waals surface area contributed by atoms with Gasteiger partial charge < -0.3 is 5.32 Å². The van der Waals surface area contributed by atoms with E-state index in [9.17, 15) is 0 Å². The number of halogens is 1. The van der Waals surface area contributed by atoms with Crippen LogP contribution >= 0.6 is 12.4 Å². The zero-order chi connectivity index (χ0) is 7.68. The molecule has 0 aromatic rings. The van der Waals surface area contributed by atoms with E-state index in [0.29, 0.717) is 11.8 Å². The standard InChI is InChI=1S/C9H14N2.ClH/c10-4-9-3-7-1-2-8(9)6-11-5-7;/h7-9,11H,1-3,5-6H2;1H. The van der Waals surface area contributed by atoms with E-state index < -0.39 is 0 Å². The Hall–Kier alpha value is -0.260. The van der Waals surface area contributed by atoms with E-state index in [1.54, 1.807) is 0 Å². The zero-order valence-corrected chi connectivity index (χ0v) is 7.94. The van der Waals surface area contributed by atoms with Gasteiger partial charge in [0.1, 0.15) is 0 Å². The van der Waals surface area contributed by atoms with Crippen LogP contribution in [-0.2, 0) is 0 Å². The monoisotopic (exact) mass is 186 g/mol. The van der Waals surface area contributed by atoms with Crippen LogP contribution in [0.5, 0.6) is 0 Å². The summed E-state index contributed by atoms with van der Waals surface area (Å²) in [4.78, 5) is 0. The molecule has 3 heteroatoms. The average molecular weight is 187 g/mol. The number of hydrogen-bond acceptors (Lipinski definition) is 2. The van der Waals surface area contributed by atoms with Crippen molar-refractivity contribution in [2.45, 2.75) is 19.3 Å². The van der Waals surface area contributed by atoms with Gasteiger partial charge in [-0.1, -0.05) is 0 Å². The van der Waals surface area contributed by atoms with Crippen LogP contribution in [0, 0.1) is 29.1 Å². The van der Waals surface area contributed by atoms with Crippen LogP contribution in [0.15, 0.2) is 0 Å². The number of nitrogens with one attached hydrogen (secondary N) is 1. The first-order valence-corrected chi connectivity index (χ1v) is 4.50. The average Bonchev–Trinajstić information content (AvgIpc) is 2.37. The molecule has 3 rings (SSSR count). The second kappa shape index (κ2) is 4.11. The Morgan fingerprint density at radius 3 is 2.83 bits per heavy atom. The summed E-state index contributed by atoms with van der Waals surface area (Å²) in [6.45, 7) is 2.23. The summed E-state index contributed by atoms with van der Waals surface area (Å²) in [6.07, 6.45) is 3.76. The third kappa shape index (κ3) is 1.73. The van der Waals surface area contributed by atoms with Gasteiger partial charge in [-0.3, -0.25) is 0 Å².